The van der Waals surface area contributed by atoms with Crippen LogP contribution in [-0.2, 0) is 13.1 Å². The summed E-state index contributed by atoms with van der Waals surface area (Å²) in [5, 5.41) is 4.42. The van der Waals surface area contributed by atoms with Gasteiger partial charge < -0.3 is 4.98 Å². The smallest absolute Gasteiger partial charge is 0.110 e. The molecule has 0 radical (unpaired) electrons. The molecule has 1 fully saturated rings. The van der Waals surface area contributed by atoms with Crippen LogP contribution in [0.1, 0.15) is 49.2 Å². The number of rotatable bonds is 5. The lowest BCUT2D eigenvalue weighted by Gasteiger charge is -2.31. The molecule has 1 atom stereocenters. The second kappa shape index (κ2) is 6.43. The molecule has 0 aliphatic carbocycles. The largest absolute Gasteiger partial charge is 0.346 e. The van der Waals surface area contributed by atoms with E-state index in [2.05, 4.69) is 40.0 Å². The molecule has 21 heavy (non-hydrogen) atoms. The molecule has 0 amide bonds. The Morgan fingerprint density at radius 3 is 3.05 bits per heavy atom. The molecule has 0 saturated carbocycles. The van der Waals surface area contributed by atoms with Crippen LogP contribution < -0.4 is 0 Å². The maximum absolute atomic E-state index is 4.51. The summed E-state index contributed by atoms with van der Waals surface area (Å²) >= 11 is 0. The Balaban J connectivity index is 1.60. The van der Waals surface area contributed by atoms with Gasteiger partial charge in [-0.15, -0.1) is 0 Å². The normalized spacial score (nSPS) is 20.0. The fourth-order valence-electron chi connectivity index (χ4n) is 3.16. The Morgan fingerprint density at radius 2 is 2.29 bits per heavy atom. The summed E-state index contributed by atoms with van der Waals surface area (Å²) in [6.07, 6.45) is 9.74. The quantitative estimate of drug-likeness (QED) is 0.920. The lowest BCUT2D eigenvalue weighted by Crippen LogP contribution is -2.34. The van der Waals surface area contributed by atoms with Crippen molar-refractivity contribution in [2.24, 2.45) is 0 Å². The summed E-state index contributed by atoms with van der Waals surface area (Å²) in [5.74, 6) is 1.69. The summed E-state index contributed by atoms with van der Waals surface area (Å²) in [6, 6.07) is 0. The fourth-order valence-corrected chi connectivity index (χ4v) is 3.16. The van der Waals surface area contributed by atoms with Gasteiger partial charge in [-0.05, 0) is 32.7 Å². The number of piperidine rings is 1. The first kappa shape index (κ1) is 14.3. The van der Waals surface area contributed by atoms with Gasteiger partial charge in [-0.3, -0.25) is 9.58 Å². The number of likely N-dealkylation sites (tertiary alicyclic amines) is 1. The summed E-state index contributed by atoms with van der Waals surface area (Å²) in [7, 11) is 0. The van der Waals surface area contributed by atoms with Crippen molar-refractivity contribution in [3.8, 4) is 0 Å². The van der Waals surface area contributed by atoms with E-state index in [4.69, 9.17) is 0 Å². The number of aromatic amines is 1. The van der Waals surface area contributed by atoms with Crippen LogP contribution in [0.2, 0.25) is 0 Å². The summed E-state index contributed by atoms with van der Waals surface area (Å²) < 4.78 is 2.05. The van der Waals surface area contributed by atoms with Crippen molar-refractivity contribution in [3.63, 3.8) is 0 Å². The SMILES string of the molecule is CCCn1cc(CN2CCCC(c3ncc(C)[nH]3)C2)cn1. The predicted molar refractivity (Wildman–Crippen MR) is 83.1 cm³/mol. The highest BCUT2D eigenvalue weighted by atomic mass is 15.3. The summed E-state index contributed by atoms with van der Waals surface area (Å²) in [6.45, 7) is 8.52. The van der Waals surface area contributed by atoms with Gasteiger partial charge >= 0.3 is 0 Å². The Kier molecular flexibility index (Phi) is 4.39. The molecule has 1 N–H and O–H groups in total. The van der Waals surface area contributed by atoms with Crippen molar-refractivity contribution in [1.82, 2.24) is 24.6 Å². The summed E-state index contributed by atoms with van der Waals surface area (Å²) in [4.78, 5) is 10.4. The van der Waals surface area contributed by atoms with Crippen molar-refractivity contribution in [3.05, 3.63) is 35.7 Å². The Hall–Kier alpha value is -1.62. The third kappa shape index (κ3) is 3.53. The van der Waals surface area contributed by atoms with E-state index in [1.807, 2.05) is 17.1 Å². The van der Waals surface area contributed by atoms with E-state index in [9.17, 15) is 0 Å². The molecule has 5 heteroatoms. The molecular formula is C16H25N5. The molecule has 0 bridgehead atoms. The first-order valence-electron chi connectivity index (χ1n) is 7.99. The maximum atomic E-state index is 4.51. The van der Waals surface area contributed by atoms with E-state index in [0.29, 0.717) is 5.92 Å². The Bertz CT molecular complexity index is 571. The maximum Gasteiger partial charge on any atom is 0.110 e. The summed E-state index contributed by atoms with van der Waals surface area (Å²) in [5.41, 5.74) is 2.47. The average Bonchev–Trinajstić information content (AvgIpc) is 3.09. The van der Waals surface area contributed by atoms with Crippen LogP contribution >= 0.6 is 0 Å². The van der Waals surface area contributed by atoms with E-state index < -0.39 is 0 Å². The van der Waals surface area contributed by atoms with E-state index in [1.54, 1.807) is 0 Å². The highest BCUT2D eigenvalue weighted by Gasteiger charge is 2.23. The highest BCUT2D eigenvalue weighted by molar-refractivity contribution is 5.08. The number of imidazole rings is 1. The zero-order chi connectivity index (χ0) is 14.7. The fraction of sp³-hybridized carbons (Fsp3) is 0.625. The van der Waals surface area contributed by atoms with Crippen LogP contribution in [0, 0.1) is 6.92 Å². The molecule has 1 aliphatic heterocycles. The van der Waals surface area contributed by atoms with Crippen LogP contribution in [-0.4, -0.2) is 37.7 Å². The number of hydrogen-bond acceptors (Lipinski definition) is 3. The molecule has 1 unspecified atom stereocenters. The van der Waals surface area contributed by atoms with Gasteiger partial charge in [-0.2, -0.15) is 5.10 Å². The Morgan fingerprint density at radius 1 is 1.38 bits per heavy atom. The van der Waals surface area contributed by atoms with Crippen molar-refractivity contribution in [2.45, 2.75) is 52.1 Å². The third-order valence-electron chi connectivity index (χ3n) is 4.16. The van der Waals surface area contributed by atoms with Gasteiger partial charge in [-0.25, -0.2) is 4.98 Å². The van der Waals surface area contributed by atoms with E-state index in [0.717, 1.165) is 37.6 Å². The third-order valence-corrected chi connectivity index (χ3v) is 4.16. The zero-order valence-electron chi connectivity index (χ0n) is 13.0. The van der Waals surface area contributed by atoms with Gasteiger partial charge in [0.05, 0.1) is 6.20 Å². The first-order valence-corrected chi connectivity index (χ1v) is 7.99. The lowest BCUT2D eigenvalue weighted by molar-refractivity contribution is 0.197. The van der Waals surface area contributed by atoms with Gasteiger partial charge in [0, 0.05) is 49.2 Å². The minimum absolute atomic E-state index is 0.540. The van der Waals surface area contributed by atoms with Crippen molar-refractivity contribution < 1.29 is 0 Å². The Labute approximate surface area is 126 Å². The lowest BCUT2D eigenvalue weighted by atomic mass is 9.97. The van der Waals surface area contributed by atoms with Crippen molar-refractivity contribution >= 4 is 0 Å². The number of aromatic nitrogens is 4. The van der Waals surface area contributed by atoms with Crippen LogP contribution in [0.3, 0.4) is 0 Å². The van der Waals surface area contributed by atoms with Crippen LogP contribution in [0.15, 0.2) is 18.6 Å². The van der Waals surface area contributed by atoms with Crippen molar-refractivity contribution in [1.29, 1.82) is 0 Å². The monoisotopic (exact) mass is 287 g/mol. The molecule has 114 valence electrons. The first-order chi connectivity index (χ1) is 10.2. The number of nitrogens with zero attached hydrogens (tertiary/aromatic N) is 4. The minimum Gasteiger partial charge on any atom is -0.346 e. The number of hydrogen-bond donors (Lipinski definition) is 1. The van der Waals surface area contributed by atoms with Crippen LogP contribution in [0.5, 0.6) is 0 Å². The molecule has 1 aliphatic rings. The number of H-pyrrole nitrogens is 1. The molecule has 0 spiro atoms. The van der Waals surface area contributed by atoms with Crippen LogP contribution in [0.25, 0.3) is 0 Å². The van der Waals surface area contributed by atoms with E-state index in [-0.39, 0.29) is 0 Å². The molecule has 5 nitrogen and oxygen atoms in total. The van der Waals surface area contributed by atoms with Gasteiger partial charge in [0.15, 0.2) is 0 Å². The number of aryl methyl sites for hydroxylation is 2. The molecule has 2 aromatic heterocycles. The second-order valence-electron chi connectivity index (χ2n) is 6.14. The molecule has 2 aromatic rings. The number of nitrogens with one attached hydrogen (secondary N) is 1. The topological polar surface area (TPSA) is 49.7 Å². The van der Waals surface area contributed by atoms with Gasteiger partial charge in [-0.1, -0.05) is 6.92 Å². The van der Waals surface area contributed by atoms with Crippen molar-refractivity contribution in [2.75, 3.05) is 13.1 Å². The van der Waals surface area contributed by atoms with E-state index in [1.165, 1.54) is 24.9 Å². The second-order valence-corrected chi connectivity index (χ2v) is 6.14. The van der Waals surface area contributed by atoms with Gasteiger partial charge in [0.1, 0.15) is 5.82 Å². The molecule has 0 aromatic carbocycles. The van der Waals surface area contributed by atoms with Crippen LogP contribution in [0.4, 0.5) is 0 Å². The molecular weight excluding hydrogens is 262 g/mol. The van der Waals surface area contributed by atoms with Gasteiger partial charge in [0.2, 0.25) is 0 Å². The molecule has 3 heterocycles. The standard InChI is InChI=1S/C16H25N5/c1-3-6-21-11-14(9-18-21)10-20-7-4-5-15(12-20)16-17-8-13(2)19-16/h8-9,11,15H,3-7,10,12H2,1-2H3,(H,17,19). The molecule has 1 saturated heterocycles. The van der Waals surface area contributed by atoms with E-state index >= 15 is 0 Å². The van der Waals surface area contributed by atoms with Gasteiger partial charge in [0.25, 0.3) is 0 Å². The zero-order valence-corrected chi connectivity index (χ0v) is 13.0. The predicted octanol–water partition coefficient (Wildman–Crippen LogP) is 2.70. The minimum atomic E-state index is 0.540. The highest BCUT2D eigenvalue weighted by Crippen LogP contribution is 2.25. The average molecular weight is 287 g/mol. The molecule has 3 rings (SSSR count).